The molecule has 0 radical (unpaired) electrons. The fraction of sp³-hybridized carbons (Fsp3) is 0.308. The Bertz CT molecular complexity index is 675. The van der Waals surface area contributed by atoms with E-state index < -0.39 is 12.7 Å². The Balaban J connectivity index is 1.91. The minimum absolute atomic E-state index is 0.226. The minimum atomic E-state index is -4.33. The molecule has 0 saturated carbocycles. The van der Waals surface area contributed by atoms with Gasteiger partial charge in [-0.3, -0.25) is 9.48 Å². The van der Waals surface area contributed by atoms with Gasteiger partial charge in [0.05, 0.1) is 11.8 Å². The Hall–Kier alpha value is -2.16. The molecule has 0 atom stereocenters. The van der Waals surface area contributed by atoms with E-state index in [1.54, 1.807) is 11.4 Å². The van der Waals surface area contributed by atoms with Crippen LogP contribution in [0.2, 0.25) is 0 Å². The van der Waals surface area contributed by atoms with E-state index in [1.807, 2.05) is 6.92 Å². The molecule has 0 bridgehead atoms. The summed E-state index contributed by atoms with van der Waals surface area (Å²) in [6.45, 7) is 0.824. The topological polar surface area (TPSA) is 59.3 Å². The molecule has 0 spiro atoms. The fourth-order valence-electron chi connectivity index (χ4n) is 1.62. The molecular formula is C13H13F3N4OS. The van der Waals surface area contributed by atoms with Crippen LogP contribution in [0.5, 0.6) is 0 Å². The number of alkyl halides is 3. The number of aryl methyl sites for hydroxylation is 1. The van der Waals surface area contributed by atoms with Crippen molar-refractivity contribution >= 4 is 23.5 Å². The van der Waals surface area contributed by atoms with Crippen LogP contribution < -0.4 is 5.43 Å². The molecule has 1 amide bonds. The highest BCUT2D eigenvalue weighted by atomic mass is 32.1. The summed E-state index contributed by atoms with van der Waals surface area (Å²) >= 11 is 1.48. The number of hydrazone groups is 1. The summed E-state index contributed by atoms with van der Waals surface area (Å²) in [6.07, 6.45) is -1.09. The Kier molecular flexibility index (Phi) is 4.96. The third-order valence-electron chi connectivity index (χ3n) is 2.63. The van der Waals surface area contributed by atoms with Gasteiger partial charge in [0.1, 0.15) is 12.2 Å². The third kappa shape index (κ3) is 4.69. The molecule has 2 heterocycles. The molecule has 2 rings (SSSR count). The van der Waals surface area contributed by atoms with Crippen LogP contribution in [0.25, 0.3) is 0 Å². The van der Waals surface area contributed by atoms with E-state index in [4.69, 9.17) is 0 Å². The largest absolute Gasteiger partial charge is 0.408 e. The Labute approximate surface area is 128 Å². The molecule has 0 aliphatic rings. The van der Waals surface area contributed by atoms with Crippen molar-refractivity contribution in [3.05, 3.63) is 39.8 Å². The lowest BCUT2D eigenvalue weighted by atomic mass is 10.3. The maximum absolute atomic E-state index is 12.2. The highest BCUT2D eigenvalue weighted by molar-refractivity contribution is 7.10. The van der Waals surface area contributed by atoms with Crippen molar-refractivity contribution in [3.8, 4) is 0 Å². The van der Waals surface area contributed by atoms with Gasteiger partial charge in [0.2, 0.25) is 0 Å². The van der Waals surface area contributed by atoms with Crippen LogP contribution in [0.15, 0.2) is 28.8 Å². The third-order valence-corrected chi connectivity index (χ3v) is 3.71. The average molecular weight is 330 g/mol. The number of carbonyl (C=O) groups excluding carboxylic acids is 1. The molecular weight excluding hydrogens is 317 g/mol. The zero-order valence-corrected chi connectivity index (χ0v) is 12.4. The predicted octanol–water partition coefficient (Wildman–Crippen LogP) is 2.83. The first kappa shape index (κ1) is 16.2. The lowest BCUT2D eigenvalue weighted by Gasteiger charge is -2.04. The number of nitrogens with zero attached hydrogens (tertiary/aromatic N) is 3. The molecule has 0 aliphatic heterocycles. The van der Waals surface area contributed by atoms with E-state index in [1.165, 1.54) is 29.8 Å². The van der Waals surface area contributed by atoms with Gasteiger partial charge in [-0.2, -0.15) is 23.4 Å². The minimum Gasteiger partial charge on any atom is -0.267 e. The van der Waals surface area contributed by atoms with E-state index in [0.717, 1.165) is 16.0 Å². The van der Waals surface area contributed by atoms with Crippen LogP contribution in [0.1, 0.15) is 27.9 Å². The number of hydrogen-bond donors (Lipinski definition) is 1. The molecule has 0 aromatic carbocycles. The zero-order chi connectivity index (χ0) is 16.2. The monoisotopic (exact) mass is 330 g/mol. The summed E-state index contributed by atoms with van der Waals surface area (Å²) in [6, 6.07) is 3.15. The standard InChI is InChI=1S/C13H13F3N4OS/c1-2-11-5-9(7-22-11)12(21)18-17-6-10-3-4-20(19-10)8-13(14,15)16/h3-7H,2,8H2,1H3,(H,18,21). The molecule has 2 aromatic heterocycles. The normalized spacial score (nSPS) is 12.0. The van der Waals surface area contributed by atoms with Crippen molar-refractivity contribution in [2.45, 2.75) is 26.1 Å². The molecule has 0 fully saturated rings. The van der Waals surface area contributed by atoms with Gasteiger partial charge < -0.3 is 0 Å². The zero-order valence-electron chi connectivity index (χ0n) is 11.6. The SMILES string of the molecule is CCc1cc(C(=O)NN=Cc2ccn(CC(F)(F)F)n2)cs1. The van der Waals surface area contributed by atoms with Crippen molar-refractivity contribution in [1.82, 2.24) is 15.2 Å². The first-order valence-corrected chi connectivity index (χ1v) is 7.26. The molecule has 5 nitrogen and oxygen atoms in total. The second kappa shape index (κ2) is 6.73. The molecule has 0 saturated heterocycles. The number of aromatic nitrogens is 2. The number of amides is 1. The smallest absolute Gasteiger partial charge is 0.267 e. The van der Waals surface area contributed by atoms with Gasteiger partial charge in [-0.05, 0) is 18.6 Å². The van der Waals surface area contributed by atoms with Crippen molar-refractivity contribution in [3.63, 3.8) is 0 Å². The molecule has 0 aliphatic carbocycles. The van der Waals surface area contributed by atoms with Crippen LogP contribution >= 0.6 is 11.3 Å². The lowest BCUT2D eigenvalue weighted by Crippen LogP contribution is -2.18. The summed E-state index contributed by atoms with van der Waals surface area (Å²) in [5.41, 5.74) is 3.04. The maximum atomic E-state index is 12.2. The van der Waals surface area contributed by atoms with Crippen LogP contribution in [-0.2, 0) is 13.0 Å². The molecule has 22 heavy (non-hydrogen) atoms. The first-order chi connectivity index (χ1) is 10.4. The van der Waals surface area contributed by atoms with Crippen LogP contribution in [0.3, 0.4) is 0 Å². The number of thiophene rings is 1. The van der Waals surface area contributed by atoms with Crippen molar-refractivity contribution < 1.29 is 18.0 Å². The van der Waals surface area contributed by atoms with Crippen molar-refractivity contribution in [2.24, 2.45) is 5.10 Å². The summed E-state index contributed by atoms with van der Waals surface area (Å²) < 4.78 is 37.3. The Morgan fingerprint density at radius 3 is 2.95 bits per heavy atom. The van der Waals surface area contributed by atoms with E-state index in [2.05, 4.69) is 15.6 Å². The van der Waals surface area contributed by atoms with Crippen molar-refractivity contribution in [2.75, 3.05) is 0 Å². The van der Waals surface area contributed by atoms with Gasteiger partial charge in [0, 0.05) is 16.5 Å². The van der Waals surface area contributed by atoms with Crippen molar-refractivity contribution in [1.29, 1.82) is 0 Å². The summed E-state index contributed by atoms with van der Waals surface area (Å²) in [7, 11) is 0. The molecule has 9 heteroatoms. The number of hydrogen-bond acceptors (Lipinski definition) is 4. The molecule has 2 aromatic rings. The van der Waals surface area contributed by atoms with Gasteiger partial charge in [0.25, 0.3) is 5.91 Å². The van der Waals surface area contributed by atoms with Crippen LogP contribution in [0.4, 0.5) is 13.2 Å². The molecule has 1 N–H and O–H groups in total. The summed E-state index contributed by atoms with van der Waals surface area (Å²) in [5.74, 6) is -0.373. The second-order valence-corrected chi connectivity index (χ2v) is 5.40. The maximum Gasteiger partial charge on any atom is 0.408 e. The Morgan fingerprint density at radius 2 is 2.32 bits per heavy atom. The quantitative estimate of drug-likeness (QED) is 0.677. The van der Waals surface area contributed by atoms with Crippen LogP contribution in [0, 0.1) is 0 Å². The average Bonchev–Trinajstić information content (AvgIpc) is 3.06. The van der Waals surface area contributed by atoms with Gasteiger partial charge in [-0.25, -0.2) is 5.43 Å². The van der Waals surface area contributed by atoms with E-state index >= 15 is 0 Å². The number of nitrogens with one attached hydrogen (secondary N) is 1. The van der Waals surface area contributed by atoms with E-state index in [0.29, 0.717) is 5.56 Å². The first-order valence-electron chi connectivity index (χ1n) is 6.38. The second-order valence-electron chi connectivity index (χ2n) is 4.41. The highest BCUT2D eigenvalue weighted by Crippen LogP contribution is 2.17. The Morgan fingerprint density at radius 1 is 1.55 bits per heavy atom. The predicted molar refractivity (Wildman–Crippen MR) is 77.0 cm³/mol. The van der Waals surface area contributed by atoms with E-state index in [9.17, 15) is 18.0 Å². The summed E-state index contributed by atoms with van der Waals surface area (Å²) in [4.78, 5) is 12.8. The fourth-order valence-corrected chi connectivity index (χ4v) is 2.44. The lowest BCUT2D eigenvalue weighted by molar-refractivity contribution is -0.142. The number of rotatable bonds is 5. The van der Waals surface area contributed by atoms with Crippen LogP contribution in [-0.4, -0.2) is 28.1 Å². The summed E-state index contributed by atoms with van der Waals surface area (Å²) in [5, 5.41) is 9.09. The highest BCUT2D eigenvalue weighted by Gasteiger charge is 2.28. The number of carbonyl (C=O) groups is 1. The van der Waals surface area contributed by atoms with Gasteiger partial charge in [-0.1, -0.05) is 6.92 Å². The van der Waals surface area contributed by atoms with Gasteiger partial charge in [0.15, 0.2) is 0 Å². The van der Waals surface area contributed by atoms with Gasteiger partial charge >= 0.3 is 6.18 Å². The molecule has 118 valence electrons. The van der Waals surface area contributed by atoms with E-state index in [-0.39, 0.29) is 11.6 Å². The molecule has 0 unspecified atom stereocenters. The van der Waals surface area contributed by atoms with Gasteiger partial charge in [-0.15, -0.1) is 11.3 Å². The number of halogens is 3.